The quantitative estimate of drug-likeness (QED) is 0.662. The van der Waals surface area contributed by atoms with Crippen molar-refractivity contribution in [2.75, 3.05) is 0 Å². The Morgan fingerprint density at radius 1 is 1.14 bits per heavy atom. The van der Waals surface area contributed by atoms with E-state index in [9.17, 15) is 9.90 Å². The summed E-state index contributed by atoms with van der Waals surface area (Å²) in [4.78, 5) is 12.4. The van der Waals surface area contributed by atoms with Crippen LogP contribution in [-0.4, -0.2) is 10.9 Å². The van der Waals surface area contributed by atoms with Gasteiger partial charge in [-0.3, -0.25) is 4.79 Å². The number of fused-ring (bicyclic) bond motifs is 5. The minimum atomic E-state index is -0.0322. The summed E-state index contributed by atoms with van der Waals surface area (Å²) in [5.74, 6) is 3.04. The highest BCUT2D eigenvalue weighted by molar-refractivity contribution is 5.87. The van der Waals surface area contributed by atoms with Crippen molar-refractivity contribution in [1.82, 2.24) is 0 Å². The number of carbonyl (C=O) groups is 1. The second kappa shape index (κ2) is 4.24. The first kappa shape index (κ1) is 13.6. The van der Waals surface area contributed by atoms with Crippen LogP contribution in [0.25, 0.3) is 0 Å². The Morgan fingerprint density at radius 3 is 2.71 bits per heavy atom. The summed E-state index contributed by atoms with van der Waals surface area (Å²) >= 11 is 0. The van der Waals surface area contributed by atoms with Crippen LogP contribution in [0.1, 0.15) is 58.8 Å². The third kappa shape index (κ3) is 1.68. The molecule has 4 aliphatic carbocycles. The van der Waals surface area contributed by atoms with Gasteiger partial charge >= 0.3 is 0 Å². The molecule has 114 valence electrons. The maximum atomic E-state index is 12.4. The summed E-state index contributed by atoms with van der Waals surface area (Å²) < 4.78 is 0. The Bertz CT molecular complexity index is 558. The first-order valence-electron chi connectivity index (χ1n) is 8.56. The van der Waals surface area contributed by atoms with Crippen molar-refractivity contribution in [3.8, 4) is 0 Å². The molecule has 0 amide bonds. The number of hydrogen-bond acceptors (Lipinski definition) is 2. The first-order valence-corrected chi connectivity index (χ1v) is 8.56. The Kier molecular flexibility index (Phi) is 2.75. The molecule has 0 heterocycles. The molecule has 2 fully saturated rings. The zero-order chi connectivity index (χ0) is 14.8. The molecule has 0 aromatic carbocycles. The summed E-state index contributed by atoms with van der Waals surface area (Å²) in [5.41, 5.74) is 1.65. The minimum Gasteiger partial charge on any atom is -0.512 e. The van der Waals surface area contributed by atoms with E-state index < -0.39 is 0 Å². The average molecular weight is 286 g/mol. The lowest BCUT2D eigenvalue weighted by molar-refractivity contribution is -0.131. The van der Waals surface area contributed by atoms with Crippen molar-refractivity contribution in [2.45, 2.75) is 58.8 Å². The van der Waals surface area contributed by atoms with Crippen LogP contribution >= 0.6 is 0 Å². The van der Waals surface area contributed by atoms with E-state index >= 15 is 0 Å². The van der Waals surface area contributed by atoms with Gasteiger partial charge in [0, 0.05) is 18.3 Å². The van der Waals surface area contributed by atoms with Gasteiger partial charge in [0.2, 0.25) is 0 Å². The summed E-state index contributed by atoms with van der Waals surface area (Å²) in [7, 11) is 0. The lowest BCUT2D eigenvalue weighted by Gasteiger charge is -2.55. The van der Waals surface area contributed by atoms with E-state index in [2.05, 4.69) is 19.9 Å². The van der Waals surface area contributed by atoms with Crippen LogP contribution in [-0.2, 0) is 4.79 Å². The van der Waals surface area contributed by atoms with E-state index in [-0.39, 0.29) is 10.8 Å². The second-order valence-electron chi connectivity index (χ2n) is 8.25. The number of ketones is 1. The molecule has 0 spiro atoms. The molecule has 2 nitrogen and oxygen atoms in total. The molecule has 0 aromatic heterocycles. The maximum absolute atomic E-state index is 12.4. The number of aliphatic hydroxyl groups is 1. The van der Waals surface area contributed by atoms with E-state index in [4.69, 9.17) is 0 Å². The lowest BCUT2D eigenvalue weighted by Crippen LogP contribution is -2.49. The van der Waals surface area contributed by atoms with Crippen molar-refractivity contribution in [1.29, 1.82) is 0 Å². The van der Waals surface area contributed by atoms with Crippen LogP contribution in [0.5, 0.6) is 0 Å². The van der Waals surface area contributed by atoms with Gasteiger partial charge in [0.1, 0.15) is 5.78 Å². The van der Waals surface area contributed by atoms with Crippen LogP contribution < -0.4 is 0 Å². The molecule has 0 aromatic rings. The number of carbonyl (C=O) groups excluding carboxylic acids is 1. The summed E-state index contributed by atoms with van der Waals surface area (Å²) in [6, 6.07) is 0. The molecule has 1 N–H and O–H groups in total. The van der Waals surface area contributed by atoms with Crippen molar-refractivity contribution in [3.05, 3.63) is 23.5 Å². The molecule has 2 heteroatoms. The van der Waals surface area contributed by atoms with Gasteiger partial charge in [-0.25, -0.2) is 0 Å². The number of allylic oxidation sites excluding steroid dienone is 3. The fraction of sp³-hybridized carbons (Fsp3) is 0.737. The molecule has 4 aliphatic rings. The van der Waals surface area contributed by atoms with Gasteiger partial charge in [-0.1, -0.05) is 25.5 Å². The Morgan fingerprint density at radius 2 is 1.90 bits per heavy atom. The van der Waals surface area contributed by atoms with Crippen molar-refractivity contribution < 1.29 is 9.90 Å². The second-order valence-corrected chi connectivity index (χ2v) is 8.25. The molecule has 0 radical (unpaired) electrons. The van der Waals surface area contributed by atoms with Crippen molar-refractivity contribution in [3.63, 3.8) is 0 Å². The number of hydrogen-bond donors (Lipinski definition) is 1. The van der Waals surface area contributed by atoms with Gasteiger partial charge in [-0.2, -0.15) is 0 Å². The monoisotopic (exact) mass is 286 g/mol. The van der Waals surface area contributed by atoms with Crippen LogP contribution in [0.2, 0.25) is 0 Å². The Balaban J connectivity index is 1.71. The summed E-state index contributed by atoms with van der Waals surface area (Å²) in [5, 5.41) is 9.86. The molecule has 0 bridgehead atoms. The zero-order valence-electron chi connectivity index (χ0n) is 13.2. The fourth-order valence-corrected chi connectivity index (χ4v) is 6.08. The topological polar surface area (TPSA) is 37.3 Å². The number of rotatable bonds is 0. The van der Waals surface area contributed by atoms with Gasteiger partial charge in [-0.05, 0) is 61.3 Å². The number of Topliss-reactive ketones (excluding diaryl/α,β-unsaturated/α-hetero) is 1. The molecule has 0 saturated heterocycles. The Labute approximate surface area is 127 Å². The van der Waals surface area contributed by atoms with E-state index in [0.29, 0.717) is 29.3 Å². The third-order valence-corrected chi connectivity index (χ3v) is 7.47. The van der Waals surface area contributed by atoms with E-state index in [1.807, 2.05) is 6.08 Å². The predicted molar refractivity (Wildman–Crippen MR) is 82.8 cm³/mol. The summed E-state index contributed by atoms with van der Waals surface area (Å²) in [6.45, 7) is 4.63. The van der Waals surface area contributed by atoms with Gasteiger partial charge in [0.05, 0.1) is 5.76 Å². The van der Waals surface area contributed by atoms with E-state index in [1.54, 1.807) is 0 Å². The molecule has 4 rings (SSSR count). The van der Waals surface area contributed by atoms with Gasteiger partial charge in [-0.15, -0.1) is 0 Å². The maximum Gasteiger partial charge on any atom is 0.139 e. The predicted octanol–water partition coefficient (Wildman–Crippen LogP) is 4.57. The molecule has 0 aliphatic heterocycles. The minimum absolute atomic E-state index is 0.0322. The van der Waals surface area contributed by atoms with Gasteiger partial charge in [0.15, 0.2) is 0 Å². The highest BCUT2D eigenvalue weighted by Crippen LogP contribution is 2.63. The molecule has 5 atom stereocenters. The van der Waals surface area contributed by atoms with Crippen LogP contribution in [0.3, 0.4) is 0 Å². The fourth-order valence-electron chi connectivity index (χ4n) is 6.08. The normalized spacial score (nSPS) is 48.9. The smallest absolute Gasteiger partial charge is 0.139 e. The largest absolute Gasteiger partial charge is 0.512 e. The molecular formula is C19H26O2. The standard InChI is InChI=1S/C19H26O2/c1-18-9-7-13(20)11-12(18)3-4-14-15-5-6-17(21)19(15,2)10-8-16(14)18/h3,7,14-16,20H,4-6,8-11H2,1-2H3/t14-,15-,16+,18-,19-/m0/s1. The molecule has 21 heavy (non-hydrogen) atoms. The summed E-state index contributed by atoms with van der Waals surface area (Å²) in [6.07, 6.45) is 11.5. The first-order chi connectivity index (χ1) is 9.95. The Hall–Kier alpha value is -1.05. The molecule has 0 unspecified atom stereocenters. The number of aliphatic hydroxyl groups excluding tert-OH is 1. The zero-order valence-corrected chi connectivity index (χ0v) is 13.2. The van der Waals surface area contributed by atoms with Crippen LogP contribution in [0, 0.1) is 28.6 Å². The highest BCUT2D eigenvalue weighted by Gasteiger charge is 2.58. The SMILES string of the molecule is C[C@]12CC=C(O)CC1=CC[C@@H]1[C@H]2CC[C@]2(C)C(=O)CC[C@@H]12. The van der Waals surface area contributed by atoms with Crippen LogP contribution in [0.15, 0.2) is 23.5 Å². The van der Waals surface area contributed by atoms with E-state index in [1.165, 1.54) is 12.0 Å². The highest BCUT2D eigenvalue weighted by atomic mass is 16.3. The van der Waals surface area contributed by atoms with Gasteiger partial charge in [0.25, 0.3) is 0 Å². The van der Waals surface area contributed by atoms with Crippen molar-refractivity contribution in [2.24, 2.45) is 28.6 Å². The average Bonchev–Trinajstić information content (AvgIpc) is 2.76. The van der Waals surface area contributed by atoms with Gasteiger partial charge < -0.3 is 5.11 Å². The third-order valence-electron chi connectivity index (χ3n) is 7.47. The van der Waals surface area contributed by atoms with Crippen molar-refractivity contribution >= 4 is 5.78 Å². The lowest BCUT2D eigenvalue weighted by atomic mass is 9.49. The van der Waals surface area contributed by atoms with Crippen LogP contribution in [0.4, 0.5) is 0 Å². The molecular weight excluding hydrogens is 260 g/mol. The molecule has 2 saturated carbocycles. The van der Waals surface area contributed by atoms with E-state index in [0.717, 1.165) is 38.5 Å².